The van der Waals surface area contributed by atoms with Crippen LogP contribution in [0.4, 0.5) is 0 Å². The van der Waals surface area contributed by atoms with Gasteiger partial charge < -0.3 is 14.4 Å². The Balaban J connectivity index is 1.16. The van der Waals surface area contributed by atoms with Gasteiger partial charge in [-0.3, -0.25) is 9.69 Å². The van der Waals surface area contributed by atoms with Crippen molar-refractivity contribution in [2.45, 2.75) is 32.4 Å². The first-order chi connectivity index (χ1) is 14.7. The van der Waals surface area contributed by atoms with Crippen LogP contribution in [0.3, 0.4) is 0 Å². The summed E-state index contributed by atoms with van der Waals surface area (Å²) in [6.45, 7) is 5.45. The van der Waals surface area contributed by atoms with Crippen molar-refractivity contribution in [1.29, 1.82) is 0 Å². The maximum absolute atomic E-state index is 12.1. The zero-order valence-electron chi connectivity index (χ0n) is 17.9. The van der Waals surface area contributed by atoms with Crippen LogP contribution in [0.5, 0.6) is 5.75 Å². The first kappa shape index (κ1) is 20.9. The van der Waals surface area contributed by atoms with Crippen LogP contribution in [-0.2, 0) is 29.1 Å². The number of esters is 1. The molecular weight excluding hydrogens is 376 g/mol. The molecular formula is C25H32N2O3. The standard InChI is InChI=1S/C25H32N2O3/c1-26-12-11-22-7-8-24(15-23(22)16-26)29-18-21-9-13-27(14-10-21)17-25(28)30-19-20-5-3-2-4-6-20/h2-8,15,21H,9-14,16-19H2,1H3. The third-order valence-electron chi connectivity index (χ3n) is 6.17. The van der Waals surface area contributed by atoms with Gasteiger partial charge in [0.2, 0.25) is 0 Å². The van der Waals surface area contributed by atoms with Crippen LogP contribution in [0, 0.1) is 5.92 Å². The molecule has 2 aliphatic rings. The zero-order chi connectivity index (χ0) is 20.8. The predicted molar refractivity (Wildman–Crippen MR) is 117 cm³/mol. The highest BCUT2D eigenvalue weighted by Crippen LogP contribution is 2.25. The van der Waals surface area contributed by atoms with Crippen LogP contribution in [0.15, 0.2) is 48.5 Å². The smallest absolute Gasteiger partial charge is 0.320 e. The monoisotopic (exact) mass is 408 g/mol. The molecule has 0 radical (unpaired) electrons. The summed E-state index contributed by atoms with van der Waals surface area (Å²) < 4.78 is 11.5. The predicted octanol–water partition coefficient (Wildman–Crippen LogP) is 3.51. The van der Waals surface area contributed by atoms with Gasteiger partial charge in [-0.2, -0.15) is 0 Å². The van der Waals surface area contributed by atoms with Crippen molar-refractivity contribution in [1.82, 2.24) is 9.80 Å². The molecule has 2 aromatic carbocycles. The van der Waals surface area contributed by atoms with Gasteiger partial charge in [0.1, 0.15) is 12.4 Å². The SMILES string of the molecule is CN1CCc2ccc(OCC3CCN(CC(=O)OCc4ccccc4)CC3)cc2C1. The van der Waals surface area contributed by atoms with Crippen LogP contribution in [0.25, 0.3) is 0 Å². The van der Waals surface area contributed by atoms with Gasteiger partial charge in [-0.15, -0.1) is 0 Å². The van der Waals surface area contributed by atoms with Crippen LogP contribution < -0.4 is 4.74 Å². The minimum absolute atomic E-state index is 0.146. The molecule has 0 spiro atoms. The topological polar surface area (TPSA) is 42.0 Å². The summed E-state index contributed by atoms with van der Waals surface area (Å²) in [7, 11) is 2.17. The van der Waals surface area contributed by atoms with Crippen LogP contribution >= 0.6 is 0 Å². The Morgan fingerprint density at radius 2 is 1.83 bits per heavy atom. The lowest BCUT2D eigenvalue weighted by molar-refractivity contribution is -0.146. The van der Waals surface area contributed by atoms with Crippen molar-refractivity contribution in [3.05, 3.63) is 65.2 Å². The van der Waals surface area contributed by atoms with Crippen molar-refractivity contribution >= 4 is 5.97 Å². The minimum atomic E-state index is -0.146. The molecule has 5 heteroatoms. The number of likely N-dealkylation sites (N-methyl/N-ethyl adjacent to an activating group) is 1. The van der Waals surface area contributed by atoms with Crippen molar-refractivity contribution in [3.63, 3.8) is 0 Å². The summed E-state index contributed by atoms with van der Waals surface area (Å²) in [6.07, 6.45) is 3.23. The number of benzene rings is 2. The molecule has 0 saturated carbocycles. The van der Waals surface area contributed by atoms with Gasteiger partial charge in [0.05, 0.1) is 13.2 Å². The highest BCUT2D eigenvalue weighted by Gasteiger charge is 2.22. The van der Waals surface area contributed by atoms with E-state index in [0.717, 1.165) is 63.4 Å². The Morgan fingerprint density at radius 1 is 1.03 bits per heavy atom. The first-order valence-corrected chi connectivity index (χ1v) is 11.0. The summed E-state index contributed by atoms with van der Waals surface area (Å²) in [6, 6.07) is 16.4. The maximum Gasteiger partial charge on any atom is 0.320 e. The molecule has 0 bridgehead atoms. The second-order valence-electron chi connectivity index (χ2n) is 8.60. The van der Waals surface area contributed by atoms with E-state index in [-0.39, 0.29) is 5.97 Å². The number of piperidine rings is 1. The van der Waals surface area contributed by atoms with E-state index >= 15 is 0 Å². The Morgan fingerprint density at radius 3 is 2.63 bits per heavy atom. The van der Waals surface area contributed by atoms with E-state index in [1.807, 2.05) is 30.3 Å². The van der Waals surface area contributed by atoms with Gasteiger partial charge in [0, 0.05) is 13.1 Å². The normalized spacial score (nSPS) is 18.0. The van der Waals surface area contributed by atoms with E-state index in [1.54, 1.807) is 0 Å². The van der Waals surface area contributed by atoms with E-state index in [9.17, 15) is 4.79 Å². The lowest BCUT2D eigenvalue weighted by Gasteiger charge is -2.31. The number of carbonyl (C=O) groups excluding carboxylic acids is 1. The number of ether oxygens (including phenoxy) is 2. The molecule has 0 aromatic heterocycles. The summed E-state index contributed by atoms with van der Waals surface area (Å²) in [4.78, 5) is 16.7. The molecule has 4 rings (SSSR count). The zero-order valence-corrected chi connectivity index (χ0v) is 17.9. The number of nitrogens with zero attached hydrogens (tertiary/aromatic N) is 2. The Hall–Kier alpha value is -2.37. The van der Waals surface area contributed by atoms with Gasteiger partial charge in [0.25, 0.3) is 0 Å². The molecule has 160 valence electrons. The first-order valence-electron chi connectivity index (χ1n) is 11.0. The van der Waals surface area contributed by atoms with Crippen LogP contribution in [-0.4, -0.2) is 55.6 Å². The van der Waals surface area contributed by atoms with E-state index < -0.39 is 0 Å². The van der Waals surface area contributed by atoms with E-state index in [1.165, 1.54) is 11.1 Å². The van der Waals surface area contributed by atoms with Crippen LogP contribution in [0.1, 0.15) is 29.5 Å². The molecule has 5 nitrogen and oxygen atoms in total. The Bertz CT molecular complexity index is 832. The van der Waals surface area contributed by atoms with E-state index in [0.29, 0.717) is 19.1 Å². The van der Waals surface area contributed by atoms with Crippen molar-refractivity contribution < 1.29 is 14.3 Å². The second-order valence-corrected chi connectivity index (χ2v) is 8.60. The fourth-order valence-electron chi connectivity index (χ4n) is 4.26. The molecule has 30 heavy (non-hydrogen) atoms. The highest BCUT2D eigenvalue weighted by molar-refractivity contribution is 5.71. The van der Waals surface area contributed by atoms with E-state index in [4.69, 9.17) is 9.47 Å². The van der Waals surface area contributed by atoms with Gasteiger partial charge in [-0.25, -0.2) is 0 Å². The third kappa shape index (κ3) is 5.83. The molecule has 0 N–H and O–H groups in total. The molecule has 1 fully saturated rings. The van der Waals surface area contributed by atoms with E-state index in [2.05, 4.69) is 35.0 Å². The molecule has 2 heterocycles. The molecule has 0 aliphatic carbocycles. The Labute approximate surface area is 179 Å². The largest absolute Gasteiger partial charge is 0.493 e. The molecule has 1 saturated heterocycles. The van der Waals surface area contributed by atoms with Crippen molar-refractivity contribution in [3.8, 4) is 5.75 Å². The third-order valence-corrected chi connectivity index (χ3v) is 6.17. The molecule has 0 amide bonds. The van der Waals surface area contributed by atoms with Gasteiger partial charge >= 0.3 is 5.97 Å². The lowest BCUT2D eigenvalue weighted by atomic mass is 9.97. The number of hydrogen-bond acceptors (Lipinski definition) is 5. The molecule has 2 aliphatic heterocycles. The summed E-state index contributed by atoms with van der Waals surface area (Å²) in [5.74, 6) is 1.38. The number of likely N-dealkylation sites (tertiary alicyclic amines) is 1. The number of hydrogen-bond donors (Lipinski definition) is 0. The lowest BCUT2D eigenvalue weighted by Crippen LogP contribution is -2.39. The van der Waals surface area contributed by atoms with Crippen molar-refractivity contribution in [2.75, 3.05) is 39.8 Å². The average molecular weight is 409 g/mol. The fourth-order valence-corrected chi connectivity index (χ4v) is 4.26. The van der Waals surface area contributed by atoms with Gasteiger partial charge in [0.15, 0.2) is 0 Å². The number of rotatable bonds is 7. The highest BCUT2D eigenvalue weighted by atomic mass is 16.5. The number of fused-ring (bicyclic) bond motifs is 1. The molecule has 2 aromatic rings. The van der Waals surface area contributed by atoms with Gasteiger partial charge in [-0.1, -0.05) is 36.4 Å². The number of carbonyl (C=O) groups is 1. The second kappa shape index (κ2) is 10.1. The fraction of sp³-hybridized carbons (Fsp3) is 0.480. The minimum Gasteiger partial charge on any atom is -0.493 e. The molecule has 0 atom stereocenters. The molecule has 0 unspecified atom stereocenters. The Kier molecular flexibility index (Phi) is 7.03. The summed E-state index contributed by atoms with van der Waals surface area (Å²) in [5.41, 5.74) is 3.87. The van der Waals surface area contributed by atoms with Crippen LogP contribution in [0.2, 0.25) is 0 Å². The van der Waals surface area contributed by atoms with Crippen molar-refractivity contribution in [2.24, 2.45) is 5.92 Å². The maximum atomic E-state index is 12.1. The summed E-state index contributed by atoms with van der Waals surface area (Å²) >= 11 is 0. The summed E-state index contributed by atoms with van der Waals surface area (Å²) in [5, 5.41) is 0. The average Bonchev–Trinajstić information content (AvgIpc) is 2.77. The quantitative estimate of drug-likeness (QED) is 0.656. The van der Waals surface area contributed by atoms with Gasteiger partial charge in [-0.05, 0) is 74.1 Å².